The highest BCUT2D eigenvalue weighted by atomic mass is 15.3. The van der Waals surface area contributed by atoms with Crippen molar-refractivity contribution in [3.8, 4) is 0 Å². The zero-order valence-electron chi connectivity index (χ0n) is 10.9. The van der Waals surface area contributed by atoms with Crippen molar-refractivity contribution in [3.63, 3.8) is 0 Å². The van der Waals surface area contributed by atoms with Crippen molar-refractivity contribution >= 4 is 0 Å². The molecule has 2 heteroatoms. The molecule has 0 bridgehead atoms. The Morgan fingerprint density at radius 2 is 1.88 bits per heavy atom. The summed E-state index contributed by atoms with van der Waals surface area (Å²) < 4.78 is 0. The second-order valence-corrected chi connectivity index (χ2v) is 6.83. The second-order valence-electron chi connectivity index (χ2n) is 6.83. The number of rotatable bonds is 2. The molecule has 2 nitrogen and oxygen atoms in total. The minimum absolute atomic E-state index is 0.654. The van der Waals surface area contributed by atoms with E-state index in [0.717, 1.165) is 12.0 Å². The van der Waals surface area contributed by atoms with Crippen LogP contribution in [0.25, 0.3) is 0 Å². The number of hydrogen-bond donors (Lipinski definition) is 0. The summed E-state index contributed by atoms with van der Waals surface area (Å²) in [7, 11) is 0. The molecule has 2 heterocycles. The van der Waals surface area contributed by atoms with Crippen molar-refractivity contribution in [2.24, 2.45) is 11.3 Å². The van der Waals surface area contributed by atoms with Gasteiger partial charge >= 0.3 is 0 Å². The van der Waals surface area contributed by atoms with Crippen LogP contribution in [0.1, 0.15) is 39.5 Å². The molecule has 0 aromatic rings. The van der Waals surface area contributed by atoms with Gasteiger partial charge in [-0.05, 0) is 56.7 Å². The van der Waals surface area contributed by atoms with E-state index in [0.29, 0.717) is 5.41 Å². The van der Waals surface area contributed by atoms with Gasteiger partial charge in [0.05, 0.1) is 0 Å². The zero-order valence-corrected chi connectivity index (χ0v) is 10.9. The van der Waals surface area contributed by atoms with Crippen LogP contribution < -0.4 is 0 Å². The Hall–Kier alpha value is -0.0800. The summed E-state index contributed by atoms with van der Waals surface area (Å²) in [6.07, 6.45) is 5.74. The fourth-order valence-corrected chi connectivity index (χ4v) is 3.65. The van der Waals surface area contributed by atoms with E-state index in [1.165, 1.54) is 58.4 Å². The zero-order chi connectivity index (χ0) is 11.2. The van der Waals surface area contributed by atoms with Crippen LogP contribution in [-0.4, -0.2) is 48.6 Å². The molecule has 2 unspecified atom stereocenters. The maximum Gasteiger partial charge on any atom is 0.0223 e. The molecule has 0 aromatic carbocycles. The Morgan fingerprint density at radius 3 is 2.62 bits per heavy atom. The van der Waals surface area contributed by atoms with Gasteiger partial charge in [0.25, 0.3) is 0 Å². The van der Waals surface area contributed by atoms with Crippen molar-refractivity contribution in [2.45, 2.75) is 45.6 Å². The first-order valence-electron chi connectivity index (χ1n) is 7.11. The quantitative estimate of drug-likeness (QED) is 0.707. The molecule has 16 heavy (non-hydrogen) atoms. The monoisotopic (exact) mass is 222 g/mol. The average Bonchev–Trinajstić information content (AvgIpc) is 2.65. The second kappa shape index (κ2) is 3.99. The van der Waals surface area contributed by atoms with Gasteiger partial charge in [0.1, 0.15) is 0 Å². The Kier molecular flexibility index (Phi) is 2.75. The maximum atomic E-state index is 2.76. The third-order valence-corrected chi connectivity index (χ3v) is 5.08. The van der Waals surface area contributed by atoms with Gasteiger partial charge < -0.3 is 4.90 Å². The van der Waals surface area contributed by atoms with E-state index in [-0.39, 0.29) is 0 Å². The molecule has 3 aliphatic rings. The highest BCUT2D eigenvalue weighted by Crippen LogP contribution is 2.51. The first-order chi connectivity index (χ1) is 7.65. The lowest BCUT2D eigenvalue weighted by molar-refractivity contribution is 0.209. The lowest BCUT2D eigenvalue weighted by Gasteiger charge is -2.26. The molecule has 0 spiro atoms. The Bertz CT molecular complexity index is 261. The van der Waals surface area contributed by atoms with Crippen LogP contribution in [0.5, 0.6) is 0 Å². The summed E-state index contributed by atoms with van der Waals surface area (Å²) in [6, 6.07) is 0.893. The number of hydrogen-bond acceptors (Lipinski definition) is 2. The van der Waals surface area contributed by atoms with Crippen LogP contribution in [0.4, 0.5) is 0 Å². The smallest absolute Gasteiger partial charge is 0.0223 e. The van der Waals surface area contributed by atoms with Crippen LogP contribution in [0, 0.1) is 11.3 Å². The van der Waals surface area contributed by atoms with E-state index in [4.69, 9.17) is 0 Å². The molecule has 1 aliphatic carbocycles. The molecule has 2 saturated heterocycles. The van der Waals surface area contributed by atoms with E-state index < -0.39 is 0 Å². The molecule has 1 saturated carbocycles. The third-order valence-electron chi connectivity index (χ3n) is 5.08. The van der Waals surface area contributed by atoms with Crippen molar-refractivity contribution in [3.05, 3.63) is 0 Å². The topological polar surface area (TPSA) is 6.48 Å². The van der Waals surface area contributed by atoms with Crippen molar-refractivity contribution < 1.29 is 0 Å². The summed E-state index contributed by atoms with van der Waals surface area (Å²) >= 11 is 0. The van der Waals surface area contributed by atoms with E-state index in [1.807, 2.05) is 0 Å². The molecule has 2 atom stereocenters. The van der Waals surface area contributed by atoms with Crippen LogP contribution in [0.15, 0.2) is 0 Å². The first-order valence-corrected chi connectivity index (χ1v) is 7.11. The van der Waals surface area contributed by atoms with Gasteiger partial charge in [0.2, 0.25) is 0 Å². The van der Waals surface area contributed by atoms with Gasteiger partial charge in [-0.25, -0.2) is 0 Å². The molecule has 0 radical (unpaired) electrons. The van der Waals surface area contributed by atoms with Crippen LogP contribution in [-0.2, 0) is 0 Å². The minimum atomic E-state index is 0.654. The molecular formula is C14H26N2. The molecule has 3 rings (SSSR count). The number of fused-ring (bicyclic) bond motifs is 1. The minimum Gasteiger partial charge on any atom is -0.301 e. The van der Waals surface area contributed by atoms with E-state index in [2.05, 4.69) is 23.6 Å². The lowest BCUT2D eigenvalue weighted by Crippen LogP contribution is -2.37. The fraction of sp³-hybridized carbons (Fsp3) is 1.00. The predicted octanol–water partition coefficient (Wildman–Crippen LogP) is 2.20. The molecule has 0 aromatic heterocycles. The van der Waals surface area contributed by atoms with E-state index in [9.17, 15) is 0 Å². The van der Waals surface area contributed by atoms with Gasteiger partial charge in [-0.2, -0.15) is 0 Å². The average molecular weight is 222 g/mol. The van der Waals surface area contributed by atoms with Crippen molar-refractivity contribution in [1.82, 2.24) is 9.80 Å². The molecule has 0 amide bonds. The summed E-state index contributed by atoms with van der Waals surface area (Å²) in [5, 5.41) is 0. The van der Waals surface area contributed by atoms with Gasteiger partial charge in [-0.3, -0.25) is 4.90 Å². The van der Waals surface area contributed by atoms with E-state index in [1.54, 1.807) is 0 Å². The van der Waals surface area contributed by atoms with Gasteiger partial charge in [-0.15, -0.1) is 0 Å². The Balaban J connectivity index is 1.55. The highest BCUT2D eigenvalue weighted by Gasteiger charge is 2.46. The summed E-state index contributed by atoms with van der Waals surface area (Å²) in [5.74, 6) is 0.987. The normalized spacial score (nSPS) is 39.4. The van der Waals surface area contributed by atoms with Crippen LogP contribution in [0.2, 0.25) is 0 Å². The fourth-order valence-electron chi connectivity index (χ4n) is 3.65. The first kappa shape index (κ1) is 11.0. The van der Waals surface area contributed by atoms with Crippen molar-refractivity contribution in [2.75, 3.05) is 32.7 Å². The molecular weight excluding hydrogens is 196 g/mol. The Morgan fingerprint density at radius 1 is 1.12 bits per heavy atom. The highest BCUT2D eigenvalue weighted by molar-refractivity contribution is 4.97. The maximum absolute atomic E-state index is 2.76. The van der Waals surface area contributed by atoms with E-state index >= 15 is 0 Å². The summed E-state index contributed by atoms with van der Waals surface area (Å²) in [6.45, 7) is 11.7. The van der Waals surface area contributed by atoms with Crippen molar-refractivity contribution in [1.29, 1.82) is 0 Å². The summed E-state index contributed by atoms with van der Waals surface area (Å²) in [4.78, 5) is 5.49. The molecule has 3 fully saturated rings. The van der Waals surface area contributed by atoms with Crippen LogP contribution >= 0.6 is 0 Å². The summed E-state index contributed by atoms with van der Waals surface area (Å²) in [5.41, 5.74) is 0.654. The molecule has 0 N–H and O–H groups in total. The predicted molar refractivity (Wildman–Crippen MR) is 67.5 cm³/mol. The van der Waals surface area contributed by atoms with Gasteiger partial charge in [0.15, 0.2) is 0 Å². The van der Waals surface area contributed by atoms with Gasteiger partial charge in [-0.1, -0.05) is 13.8 Å². The third kappa shape index (κ3) is 2.14. The SMILES string of the molecule is CC1(C)CC1CN1CCCN2CCCC2C1. The van der Waals surface area contributed by atoms with Crippen LogP contribution in [0.3, 0.4) is 0 Å². The largest absolute Gasteiger partial charge is 0.301 e. The standard InChI is InChI=1S/C14H26N2/c1-14(2)9-12(14)10-15-6-4-8-16-7-3-5-13(16)11-15/h12-13H,3-11H2,1-2H3. The molecule has 92 valence electrons. The molecule has 2 aliphatic heterocycles. The van der Waals surface area contributed by atoms with Gasteiger partial charge in [0, 0.05) is 19.1 Å². The Labute approximate surface area is 100.0 Å². The number of nitrogens with zero attached hydrogens (tertiary/aromatic N) is 2. The lowest BCUT2D eigenvalue weighted by atomic mass is 10.1.